The smallest absolute Gasteiger partial charge is 0.355 e. The first-order valence-electron chi connectivity index (χ1n) is 5.94. The molecule has 0 unspecified atom stereocenters. The van der Waals surface area contributed by atoms with Gasteiger partial charge in [-0.1, -0.05) is 0 Å². The predicted octanol–water partition coefficient (Wildman–Crippen LogP) is 1.12. The van der Waals surface area contributed by atoms with Gasteiger partial charge in [0.25, 0.3) is 0 Å². The van der Waals surface area contributed by atoms with Crippen molar-refractivity contribution in [1.82, 2.24) is 4.57 Å². The van der Waals surface area contributed by atoms with Crippen LogP contribution in [0.1, 0.15) is 49.7 Å². The molecule has 0 atom stereocenters. The van der Waals surface area contributed by atoms with E-state index in [9.17, 15) is 14.4 Å². The van der Waals surface area contributed by atoms with Crippen LogP contribution in [-0.4, -0.2) is 36.5 Å². The van der Waals surface area contributed by atoms with Gasteiger partial charge in [-0.2, -0.15) is 0 Å². The molecule has 0 N–H and O–H groups in total. The lowest BCUT2D eigenvalue weighted by atomic mass is 9.93. The van der Waals surface area contributed by atoms with Crippen molar-refractivity contribution in [3.63, 3.8) is 0 Å². The molecule has 1 aromatic rings. The van der Waals surface area contributed by atoms with E-state index in [1.165, 1.54) is 14.2 Å². The topological polar surface area (TPSA) is 74.6 Å². The summed E-state index contributed by atoms with van der Waals surface area (Å²) in [7, 11) is 4.10. The van der Waals surface area contributed by atoms with Gasteiger partial charge in [-0.05, 0) is 12.8 Å². The number of fused-ring (bicyclic) bond motifs is 1. The van der Waals surface area contributed by atoms with Crippen LogP contribution in [0, 0.1) is 0 Å². The number of nitrogens with zero attached hydrogens (tertiary/aromatic N) is 1. The third-order valence-electron chi connectivity index (χ3n) is 3.38. The summed E-state index contributed by atoms with van der Waals surface area (Å²) in [5.41, 5.74) is 1.10. The third-order valence-corrected chi connectivity index (χ3v) is 3.38. The Hall–Kier alpha value is -2.11. The first-order chi connectivity index (χ1) is 9.02. The number of methoxy groups -OCH3 is 2. The van der Waals surface area contributed by atoms with Crippen molar-refractivity contribution in [2.75, 3.05) is 14.2 Å². The average Bonchev–Trinajstić information content (AvgIpc) is 2.72. The van der Waals surface area contributed by atoms with Crippen molar-refractivity contribution in [1.29, 1.82) is 0 Å². The van der Waals surface area contributed by atoms with Gasteiger partial charge in [-0.3, -0.25) is 4.79 Å². The fourth-order valence-corrected chi connectivity index (χ4v) is 2.50. The van der Waals surface area contributed by atoms with E-state index in [2.05, 4.69) is 9.47 Å². The highest BCUT2D eigenvalue weighted by atomic mass is 16.5. The van der Waals surface area contributed by atoms with Crippen molar-refractivity contribution in [3.8, 4) is 0 Å². The second-order valence-corrected chi connectivity index (χ2v) is 4.36. The molecule has 0 saturated carbocycles. The average molecular weight is 265 g/mol. The molecule has 1 aromatic heterocycles. The Kier molecular flexibility index (Phi) is 3.42. The van der Waals surface area contributed by atoms with Crippen LogP contribution in [0.5, 0.6) is 0 Å². The minimum Gasteiger partial charge on any atom is -0.465 e. The molecule has 1 aliphatic carbocycles. The van der Waals surface area contributed by atoms with Crippen molar-refractivity contribution >= 4 is 17.7 Å². The largest absolute Gasteiger partial charge is 0.465 e. The summed E-state index contributed by atoms with van der Waals surface area (Å²) in [6.07, 6.45) is 1.74. The van der Waals surface area contributed by atoms with Gasteiger partial charge in [0.05, 0.1) is 19.8 Å². The van der Waals surface area contributed by atoms with Gasteiger partial charge >= 0.3 is 11.9 Å². The Bertz CT molecular complexity index is 570. The van der Waals surface area contributed by atoms with Crippen LogP contribution in [-0.2, 0) is 22.9 Å². The molecule has 1 heterocycles. The number of Topliss-reactive ketones (excluding diaryl/α,β-unsaturated/α-hetero) is 1. The molecule has 0 bridgehead atoms. The van der Waals surface area contributed by atoms with Crippen LogP contribution < -0.4 is 0 Å². The van der Waals surface area contributed by atoms with E-state index in [0.717, 1.165) is 0 Å². The van der Waals surface area contributed by atoms with Gasteiger partial charge in [-0.15, -0.1) is 0 Å². The number of carbonyl (C=O) groups is 3. The lowest BCUT2D eigenvalue weighted by Gasteiger charge is -2.12. The molecule has 6 nitrogen and oxygen atoms in total. The second kappa shape index (κ2) is 4.87. The lowest BCUT2D eigenvalue weighted by molar-refractivity contribution is 0.0547. The lowest BCUT2D eigenvalue weighted by Crippen LogP contribution is -2.16. The molecule has 19 heavy (non-hydrogen) atoms. The zero-order valence-corrected chi connectivity index (χ0v) is 11.1. The molecular weight excluding hydrogens is 250 g/mol. The molecule has 1 aliphatic rings. The molecule has 0 aromatic carbocycles. The molecule has 2 rings (SSSR count). The molecule has 102 valence electrons. The normalized spacial score (nSPS) is 13.9. The summed E-state index contributed by atoms with van der Waals surface area (Å²) in [5, 5.41) is 0. The first kappa shape index (κ1) is 13.3. The molecule has 0 aliphatic heterocycles. The number of ketones is 1. The maximum atomic E-state index is 12.0. The second-order valence-electron chi connectivity index (χ2n) is 4.36. The first-order valence-corrected chi connectivity index (χ1v) is 5.94. The van der Waals surface area contributed by atoms with Gasteiger partial charge < -0.3 is 14.0 Å². The number of rotatable bonds is 2. The number of hydrogen-bond acceptors (Lipinski definition) is 5. The van der Waals surface area contributed by atoms with Gasteiger partial charge in [-0.25, -0.2) is 9.59 Å². The van der Waals surface area contributed by atoms with Crippen molar-refractivity contribution < 1.29 is 23.9 Å². The van der Waals surface area contributed by atoms with Crippen LogP contribution in [0.4, 0.5) is 0 Å². The highest BCUT2D eigenvalue weighted by Crippen LogP contribution is 2.30. The Morgan fingerprint density at radius 2 is 1.74 bits per heavy atom. The van der Waals surface area contributed by atoms with E-state index in [1.807, 2.05) is 0 Å². The summed E-state index contributed by atoms with van der Waals surface area (Å²) in [6.45, 7) is 0. The van der Waals surface area contributed by atoms with E-state index in [1.54, 1.807) is 11.6 Å². The van der Waals surface area contributed by atoms with Crippen molar-refractivity contribution in [3.05, 3.63) is 22.5 Å². The summed E-state index contributed by atoms with van der Waals surface area (Å²) >= 11 is 0. The highest BCUT2D eigenvalue weighted by Gasteiger charge is 2.35. The van der Waals surface area contributed by atoms with Crippen LogP contribution in [0.2, 0.25) is 0 Å². The van der Waals surface area contributed by atoms with Crippen LogP contribution in [0.15, 0.2) is 0 Å². The summed E-state index contributed by atoms with van der Waals surface area (Å²) in [6, 6.07) is 0. The number of ether oxygens (including phenoxy) is 2. The fraction of sp³-hybridized carbons (Fsp3) is 0.462. The number of carbonyl (C=O) groups excluding carboxylic acids is 3. The molecule has 0 saturated heterocycles. The Morgan fingerprint density at radius 1 is 1.11 bits per heavy atom. The number of esters is 2. The molecule has 0 radical (unpaired) electrons. The van der Waals surface area contributed by atoms with E-state index in [-0.39, 0.29) is 17.0 Å². The van der Waals surface area contributed by atoms with Gasteiger partial charge in [0.2, 0.25) is 0 Å². The third kappa shape index (κ3) is 1.93. The molecule has 6 heteroatoms. The monoisotopic (exact) mass is 265 g/mol. The van der Waals surface area contributed by atoms with Crippen LogP contribution >= 0.6 is 0 Å². The summed E-state index contributed by atoms with van der Waals surface area (Å²) in [5.74, 6) is -1.47. The molecule has 0 spiro atoms. The van der Waals surface area contributed by atoms with Crippen molar-refractivity contribution in [2.24, 2.45) is 7.05 Å². The van der Waals surface area contributed by atoms with Crippen LogP contribution in [0.3, 0.4) is 0 Å². The van der Waals surface area contributed by atoms with E-state index in [4.69, 9.17) is 0 Å². The maximum absolute atomic E-state index is 12.0. The van der Waals surface area contributed by atoms with E-state index >= 15 is 0 Å². The SMILES string of the molecule is COC(=O)c1c2c(n(C)c1C(=O)OC)CCCC2=O. The van der Waals surface area contributed by atoms with Gasteiger partial charge in [0.1, 0.15) is 11.3 Å². The van der Waals surface area contributed by atoms with Gasteiger partial charge in [0, 0.05) is 19.2 Å². The predicted molar refractivity (Wildman–Crippen MR) is 65.4 cm³/mol. The minimum absolute atomic E-state index is 0.0246. The Balaban J connectivity index is 2.76. The molecule has 0 fully saturated rings. The van der Waals surface area contributed by atoms with E-state index in [0.29, 0.717) is 30.5 Å². The zero-order valence-electron chi connectivity index (χ0n) is 11.1. The van der Waals surface area contributed by atoms with E-state index < -0.39 is 11.9 Å². The Labute approximate surface area is 110 Å². The molecule has 0 amide bonds. The summed E-state index contributed by atoms with van der Waals surface area (Å²) < 4.78 is 10.9. The fourth-order valence-electron chi connectivity index (χ4n) is 2.50. The summed E-state index contributed by atoms with van der Waals surface area (Å²) in [4.78, 5) is 35.8. The van der Waals surface area contributed by atoms with Crippen molar-refractivity contribution in [2.45, 2.75) is 19.3 Å². The Morgan fingerprint density at radius 3 is 2.32 bits per heavy atom. The maximum Gasteiger partial charge on any atom is 0.355 e. The molecular formula is C13H15NO5. The van der Waals surface area contributed by atoms with Crippen LogP contribution in [0.25, 0.3) is 0 Å². The zero-order chi connectivity index (χ0) is 14.2. The number of aromatic nitrogens is 1. The van der Waals surface area contributed by atoms with Gasteiger partial charge in [0.15, 0.2) is 5.78 Å². The quantitative estimate of drug-likeness (QED) is 0.749. The highest BCUT2D eigenvalue weighted by molar-refractivity contribution is 6.13. The number of hydrogen-bond donors (Lipinski definition) is 0. The standard InChI is InChI=1S/C13H15NO5/c1-14-7-5-4-6-8(15)9(7)10(12(16)18-2)11(14)13(17)19-3/h4-6H2,1-3H3. The minimum atomic E-state index is -0.687.